The van der Waals surface area contributed by atoms with Crippen molar-refractivity contribution in [2.45, 2.75) is 64.8 Å². The first-order chi connectivity index (χ1) is 18.8. The Morgan fingerprint density at radius 1 is 1.07 bits per heavy atom. The first-order valence-electron chi connectivity index (χ1n) is 12.9. The Kier molecular flexibility index (Phi) is 10.1. The molecule has 1 aromatic heterocycles. The molecule has 0 saturated carbocycles. The first kappa shape index (κ1) is 32.0. The Bertz CT molecular complexity index is 1420. The van der Waals surface area contributed by atoms with Crippen LogP contribution in [-0.4, -0.2) is 44.2 Å². The van der Waals surface area contributed by atoms with Crippen LogP contribution < -0.4 is 24.2 Å². The van der Waals surface area contributed by atoms with Gasteiger partial charge in [-0.3, -0.25) is 4.79 Å². The topological polar surface area (TPSA) is 105 Å². The maximum absolute atomic E-state index is 13.7. The van der Waals surface area contributed by atoms with E-state index in [2.05, 4.69) is 15.3 Å². The summed E-state index contributed by atoms with van der Waals surface area (Å²) in [7, 11) is 0. The monoisotopic (exact) mass is 564 g/mol. The zero-order valence-electron chi connectivity index (χ0n) is 24.5. The summed E-state index contributed by atoms with van der Waals surface area (Å²) in [6.07, 6.45) is -3.73. The number of aromatic nitrogens is 2. The molecule has 12 heteroatoms. The maximum atomic E-state index is 13.7. The number of aliphatic carboxylic acids is 1. The van der Waals surface area contributed by atoms with Crippen molar-refractivity contribution in [2.75, 3.05) is 11.9 Å². The number of nitrogens with zero attached hydrogens (tertiary/aromatic N) is 3. The van der Waals surface area contributed by atoms with Gasteiger partial charge in [0.05, 0.1) is 17.7 Å². The van der Waals surface area contributed by atoms with Gasteiger partial charge in [0.25, 0.3) is 0 Å². The normalized spacial score (nSPS) is 13.2. The molecule has 0 radical (unpaired) electrons. The van der Waals surface area contributed by atoms with Gasteiger partial charge in [0, 0.05) is 25.0 Å². The van der Waals surface area contributed by atoms with E-state index in [1.807, 2.05) is 32.9 Å². The van der Waals surface area contributed by atoms with E-state index in [9.17, 15) is 22.8 Å². The van der Waals surface area contributed by atoms with Gasteiger partial charge in [0.2, 0.25) is 5.95 Å². The number of hydrogen-bond donors (Lipinski definition) is 2. The summed E-state index contributed by atoms with van der Waals surface area (Å²) < 4.78 is 46.7. The van der Waals surface area contributed by atoms with E-state index in [1.165, 1.54) is 0 Å². The third kappa shape index (κ3) is 8.71. The molecule has 2 heterocycles. The zero-order valence-corrected chi connectivity index (χ0v) is 23.5. The molecular weight excluding hydrogens is 532 g/mol. The SMILES string of the molecule is CC(C)(C)OC(=O)N1CCc2cc(Nc3ncc(C(F)(F)F)c(CCc4ccccc4CC(=O)O)n3)ccc2C1.[H-].[Li+]. The van der Waals surface area contributed by atoms with Crippen LogP contribution in [0.25, 0.3) is 0 Å². The molecule has 0 bridgehead atoms. The number of alkyl halides is 3. The molecule has 1 aliphatic heterocycles. The van der Waals surface area contributed by atoms with Gasteiger partial charge in [-0.2, -0.15) is 13.2 Å². The van der Waals surface area contributed by atoms with Crippen molar-refractivity contribution in [3.8, 4) is 0 Å². The molecule has 0 atom stereocenters. The first-order valence-corrected chi connectivity index (χ1v) is 12.9. The summed E-state index contributed by atoms with van der Waals surface area (Å²) >= 11 is 0. The maximum Gasteiger partial charge on any atom is 1.00 e. The van der Waals surface area contributed by atoms with Crippen LogP contribution in [0.15, 0.2) is 48.7 Å². The number of rotatable bonds is 7. The molecule has 2 aromatic carbocycles. The Hall–Kier alpha value is -3.55. The second-order valence-electron chi connectivity index (χ2n) is 10.7. The summed E-state index contributed by atoms with van der Waals surface area (Å²) in [6, 6.07) is 12.3. The van der Waals surface area contributed by atoms with Crippen LogP contribution >= 0.6 is 0 Å². The third-order valence-electron chi connectivity index (χ3n) is 6.39. The van der Waals surface area contributed by atoms with Crippen molar-refractivity contribution in [1.82, 2.24) is 14.9 Å². The van der Waals surface area contributed by atoms with Crippen molar-refractivity contribution in [3.63, 3.8) is 0 Å². The van der Waals surface area contributed by atoms with E-state index < -0.39 is 23.3 Å². The number of carbonyl (C=O) groups is 2. The molecule has 2 N–H and O–H groups in total. The van der Waals surface area contributed by atoms with Gasteiger partial charge in [-0.05, 0) is 74.4 Å². The van der Waals surface area contributed by atoms with E-state index >= 15 is 0 Å². The van der Waals surface area contributed by atoms with Gasteiger partial charge in [0.15, 0.2) is 0 Å². The Morgan fingerprint density at radius 3 is 2.44 bits per heavy atom. The minimum Gasteiger partial charge on any atom is -1.00 e. The second kappa shape index (κ2) is 13.0. The van der Waals surface area contributed by atoms with Gasteiger partial charge in [0.1, 0.15) is 5.60 Å². The number of hydrogen-bond acceptors (Lipinski definition) is 6. The van der Waals surface area contributed by atoms with Crippen molar-refractivity contribution in [3.05, 3.63) is 82.2 Å². The molecule has 1 aliphatic rings. The summed E-state index contributed by atoms with van der Waals surface area (Å²) in [5, 5.41) is 12.2. The summed E-state index contributed by atoms with van der Waals surface area (Å²) in [4.78, 5) is 33.4. The quantitative estimate of drug-likeness (QED) is 0.425. The fourth-order valence-electron chi connectivity index (χ4n) is 4.54. The van der Waals surface area contributed by atoms with E-state index in [0.717, 1.165) is 17.3 Å². The molecule has 4 rings (SSSR count). The Balaban J connectivity index is 0.00000308. The predicted octanol–water partition coefficient (Wildman–Crippen LogP) is 3.06. The smallest absolute Gasteiger partial charge is 1.00 e. The molecule has 0 saturated heterocycles. The molecule has 0 aliphatic carbocycles. The van der Waals surface area contributed by atoms with Gasteiger partial charge >= 0.3 is 37.1 Å². The van der Waals surface area contributed by atoms with Crippen LogP contribution in [-0.2, 0) is 47.9 Å². The largest absolute Gasteiger partial charge is 1.00 e. The summed E-state index contributed by atoms with van der Waals surface area (Å²) in [5.74, 6) is -0.993. The molecule has 8 nitrogen and oxygen atoms in total. The van der Waals surface area contributed by atoms with Crippen molar-refractivity contribution >= 4 is 23.7 Å². The van der Waals surface area contributed by atoms with E-state index in [1.54, 1.807) is 35.2 Å². The number of carboxylic acids is 1. The zero-order chi connectivity index (χ0) is 29.1. The molecule has 0 spiro atoms. The average Bonchev–Trinajstić information content (AvgIpc) is 2.86. The minimum atomic E-state index is -4.64. The molecule has 41 heavy (non-hydrogen) atoms. The predicted molar refractivity (Wildman–Crippen MR) is 143 cm³/mol. The Morgan fingerprint density at radius 2 is 1.78 bits per heavy atom. The van der Waals surface area contributed by atoms with Gasteiger partial charge < -0.3 is 21.5 Å². The number of carbonyl (C=O) groups excluding carboxylic acids is 1. The fourth-order valence-corrected chi connectivity index (χ4v) is 4.54. The summed E-state index contributed by atoms with van der Waals surface area (Å²) in [5.41, 5.74) is 2.08. The van der Waals surface area contributed by atoms with Crippen molar-refractivity contribution in [2.24, 2.45) is 0 Å². The van der Waals surface area contributed by atoms with Crippen LogP contribution in [0.3, 0.4) is 0 Å². The number of halogens is 3. The van der Waals surface area contributed by atoms with Crippen LogP contribution in [0.5, 0.6) is 0 Å². The van der Waals surface area contributed by atoms with E-state index in [-0.39, 0.29) is 57.3 Å². The number of aryl methyl sites for hydroxylation is 2. The Labute approximate surface area is 250 Å². The van der Waals surface area contributed by atoms with Gasteiger partial charge in [-0.1, -0.05) is 30.3 Å². The van der Waals surface area contributed by atoms with Crippen LogP contribution in [0.4, 0.5) is 29.6 Å². The van der Waals surface area contributed by atoms with E-state index in [0.29, 0.717) is 36.3 Å². The molecular formula is C29H32F3LiN4O4. The van der Waals surface area contributed by atoms with Crippen molar-refractivity contribution < 1.29 is 52.9 Å². The number of fused-ring (bicyclic) bond motifs is 1. The summed E-state index contributed by atoms with van der Waals surface area (Å²) in [6.45, 7) is 6.32. The van der Waals surface area contributed by atoms with Crippen LogP contribution in [0.2, 0.25) is 0 Å². The minimum absolute atomic E-state index is 0. The molecule has 214 valence electrons. The van der Waals surface area contributed by atoms with E-state index in [4.69, 9.17) is 9.84 Å². The fraction of sp³-hybridized carbons (Fsp3) is 0.379. The molecule has 1 amide bonds. The number of ether oxygens (including phenoxy) is 1. The number of nitrogens with one attached hydrogen (secondary N) is 1. The number of anilines is 2. The average molecular weight is 565 g/mol. The third-order valence-corrected chi connectivity index (χ3v) is 6.39. The van der Waals surface area contributed by atoms with Crippen LogP contribution in [0, 0.1) is 0 Å². The molecule has 0 fully saturated rings. The standard InChI is InChI=1S/C29H31F3N4O4.Li.H/c1-28(2,3)40-27(39)36-13-12-20-14-22(10-8-21(20)17-36)34-26-33-16-23(29(30,31)32)24(35-26)11-9-18-6-4-5-7-19(18)15-25(37)38;;/h4-8,10,14,16H,9,11-13,15,17H2,1-3H3,(H,37,38)(H,33,34,35);;/q;+1;-1. The van der Waals surface area contributed by atoms with Gasteiger partial charge in [-0.25, -0.2) is 14.8 Å². The molecule has 3 aromatic rings. The number of benzene rings is 2. The van der Waals surface area contributed by atoms with Gasteiger partial charge in [-0.15, -0.1) is 0 Å². The number of amides is 1. The van der Waals surface area contributed by atoms with Crippen molar-refractivity contribution in [1.29, 1.82) is 0 Å². The molecule has 0 unspecified atom stereocenters. The van der Waals surface area contributed by atoms with Crippen LogP contribution in [0.1, 0.15) is 55.7 Å². The second-order valence-corrected chi connectivity index (χ2v) is 10.7. The number of carboxylic acid groups (broad SMARTS) is 1.